The van der Waals surface area contributed by atoms with E-state index in [2.05, 4.69) is 5.10 Å². The number of anilines is 1. The van der Waals surface area contributed by atoms with Crippen LogP contribution in [0.3, 0.4) is 0 Å². The van der Waals surface area contributed by atoms with E-state index in [1.807, 2.05) is 29.8 Å². The second kappa shape index (κ2) is 4.04. The normalized spacial score (nSPS) is 20.9. The van der Waals surface area contributed by atoms with Gasteiger partial charge in [0.2, 0.25) is 0 Å². The summed E-state index contributed by atoms with van der Waals surface area (Å²) in [7, 11) is 0. The highest BCUT2D eigenvalue weighted by Crippen LogP contribution is 2.28. The number of fused-ring (bicyclic) bond motifs is 1. The Kier molecular flexibility index (Phi) is 2.52. The van der Waals surface area contributed by atoms with Gasteiger partial charge in [0.15, 0.2) is 6.23 Å². The van der Waals surface area contributed by atoms with Gasteiger partial charge in [-0.15, -0.1) is 0 Å². The highest BCUT2D eigenvalue weighted by atomic mass is 16.5. The summed E-state index contributed by atoms with van der Waals surface area (Å²) in [5, 5.41) is 5.71. The van der Waals surface area contributed by atoms with Crippen molar-refractivity contribution in [3.8, 4) is 0 Å². The largest absolute Gasteiger partial charge is 0.399 e. The van der Waals surface area contributed by atoms with Crippen LogP contribution in [0.1, 0.15) is 31.2 Å². The van der Waals surface area contributed by atoms with Gasteiger partial charge in [0.05, 0.1) is 11.2 Å². The summed E-state index contributed by atoms with van der Waals surface area (Å²) in [6, 6.07) is 5.93. The van der Waals surface area contributed by atoms with Crippen molar-refractivity contribution in [2.75, 3.05) is 12.3 Å². The Morgan fingerprint density at radius 2 is 2.29 bits per heavy atom. The zero-order valence-corrected chi connectivity index (χ0v) is 10.0. The Labute approximate surface area is 100 Å². The molecule has 4 nitrogen and oxygen atoms in total. The fourth-order valence-electron chi connectivity index (χ4n) is 2.45. The van der Waals surface area contributed by atoms with Crippen LogP contribution in [0.5, 0.6) is 0 Å². The molecule has 0 unspecified atom stereocenters. The lowest BCUT2D eigenvalue weighted by molar-refractivity contribution is -0.0368. The second-order valence-electron chi connectivity index (χ2n) is 4.63. The van der Waals surface area contributed by atoms with Gasteiger partial charge in [0.1, 0.15) is 0 Å². The molecule has 2 heterocycles. The molecule has 0 spiro atoms. The number of aromatic nitrogens is 2. The standard InChI is InChI=1S/C13H17N3O/c1-9-11-8-10(14)5-6-12(11)16(15-9)13-4-2-3-7-17-13/h5-6,8,13H,2-4,7,14H2,1H3/t13-/m0/s1. The van der Waals surface area contributed by atoms with Crippen molar-refractivity contribution >= 4 is 16.6 Å². The summed E-state index contributed by atoms with van der Waals surface area (Å²) in [5.41, 5.74) is 8.72. The minimum Gasteiger partial charge on any atom is -0.399 e. The van der Waals surface area contributed by atoms with Crippen LogP contribution in [-0.4, -0.2) is 16.4 Å². The number of nitrogens with zero attached hydrogens (tertiary/aromatic N) is 2. The first-order valence-corrected chi connectivity index (χ1v) is 6.11. The van der Waals surface area contributed by atoms with Crippen LogP contribution in [0.25, 0.3) is 10.9 Å². The summed E-state index contributed by atoms with van der Waals surface area (Å²) in [4.78, 5) is 0. The van der Waals surface area contributed by atoms with Crippen molar-refractivity contribution in [2.45, 2.75) is 32.4 Å². The summed E-state index contributed by atoms with van der Waals surface area (Å²) >= 11 is 0. The molecule has 3 rings (SSSR count). The molecule has 1 aromatic heterocycles. The average Bonchev–Trinajstić information content (AvgIpc) is 2.68. The van der Waals surface area contributed by atoms with Gasteiger partial charge >= 0.3 is 0 Å². The predicted octanol–water partition coefficient (Wildman–Crippen LogP) is 2.63. The number of hydrogen-bond donors (Lipinski definition) is 1. The van der Waals surface area contributed by atoms with Crippen LogP contribution >= 0.6 is 0 Å². The summed E-state index contributed by atoms with van der Waals surface area (Å²) in [6.45, 7) is 2.85. The van der Waals surface area contributed by atoms with Crippen LogP contribution < -0.4 is 5.73 Å². The molecular formula is C13H17N3O. The third-order valence-electron chi connectivity index (χ3n) is 3.34. The van der Waals surface area contributed by atoms with Gasteiger partial charge in [-0.25, -0.2) is 4.68 Å². The van der Waals surface area contributed by atoms with E-state index in [0.29, 0.717) is 0 Å². The maximum Gasteiger partial charge on any atom is 0.150 e. The van der Waals surface area contributed by atoms with Crippen LogP contribution in [-0.2, 0) is 4.74 Å². The molecule has 1 aliphatic rings. The fraction of sp³-hybridized carbons (Fsp3) is 0.462. The maximum absolute atomic E-state index is 5.81. The fourth-order valence-corrected chi connectivity index (χ4v) is 2.45. The van der Waals surface area contributed by atoms with Gasteiger partial charge in [0, 0.05) is 17.7 Å². The van der Waals surface area contributed by atoms with Crippen molar-refractivity contribution < 1.29 is 4.74 Å². The van der Waals surface area contributed by atoms with Gasteiger partial charge in [-0.05, 0) is 44.4 Å². The van der Waals surface area contributed by atoms with Gasteiger partial charge in [-0.2, -0.15) is 5.10 Å². The van der Waals surface area contributed by atoms with Crippen molar-refractivity contribution in [2.24, 2.45) is 0 Å². The number of aryl methyl sites for hydroxylation is 1. The number of rotatable bonds is 1. The Morgan fingerprint density at radius 1 is 1.41 bits per heavy atom. The molecule has 1 saturated heterocycles. The molecule has 0 saturated carbocycles. The van der Waals surface area contributed by atoms with Crippen LogP contribution in [0.15, 0.2) is 18.2 Å². The molecule has 1 atom stereocenters. The third-order valence-corrected chi connectivity index (χ3v) is 3.34. The molecule has 0 amide bonds. The molecule has 17 heavy (non-hydrogen) atoms. The van der Waals surface area contributed by atoms with Gasteiger partial charge in [0.25, 0.3) is 0 Å². The quantitative estimate of drug-likeness (QED) is 0.767. The Hall–Kier alpha value is -1.55. The molecular weight excluding hydrogens is 214 g/mol. The number of nitrogen functional groups attached to an aromatic ring is 1. The maximum atomic E-state index is 5.81. The van der Waals surface area contributed by atoms with Crippen molar-refractivity contribution in [3.05, 3.63) is 23.9 Å². The monoisotopic (exact) mass is 231 g/mol. The molecule has 2 aromatic rings. The SMILES string of the molecule is Cc1nn([C@@H]2CCCCO2)c2ccc(N)cc12. The first-order valence-electron chi connectivity index (χ1n) is 6.11. The van der Waals surface area contributed by atoms with Gasteiger partial charge in [-0.1, -0.05) is 0 Å². The highest BCUT2D eigenvalue weighted by Gasteiger charge is 2.19. The van der Waals surface area contributed by atoms with E-state index < -0.39 is 0 Å². The molecule has 4 heteroatoms. The lowest BCUT2D eigenvalue weighted by Gasteiger charge is -2.23. The molecule has 0 bridgehead atoms. The lowest BCUT2D eigenvalue weighted by atomic mass is 10.1. The van der Waals surface area contributed by atoms with Crippen molar-refractivity contribution in [3.63, 3.8) is 0 Å². The molecule has 1 aliphatic heterocycles. The van der Waals surface area contributed by atoms with E-state index >= 15 is 0 Å². The smallest absolute Gasteiger partial charge is 0.150 e. The molecule has 1 aromatic carbocycles. The summed E-state index contributed by atoms with van der Waals surface area (Å²) in [5.74, 6) is 0. The minimum absolute atomic E-state index is 0.0866. The van der Waals surface area contributed by atoms with Gasteiger partial charge in [-0.3, -0.25) is 0 Å². The van der Waals surface area contributed by atoms with Crippen molar-refractivity contribution in [1.82, 2.24) is 9.78 Å². The first-order chi connectivity index (χ1) is 8.25. The van der Waals surface area contributed by atoms with Crippen molar-refractivity contribution in [1.29, 1.82) is 0 Å². The lowest BCUT2D eigenvalue weighted by Crippen LogP contribution is -2.19. The number of hydrogen-bond acceptors (Lipinski definition) is 3. The number of benzene rings is 1. The average molecular weight is 231 g/mol. The Bertz CT molecular complexity index is 541. The molecule has 90 valence electrons. The van der Waals surface area contributed by atoms with Crippen LogP contribution in [0, 0.1) is 6.92 Å². The zero-order chi connectivity index (χ0) is 11.8. The summed E-state index contributed by atoms with van der Waals surface area (Å²) in [6.07, 6.45) is 3.49. The molecule has 1 fully saturated rings. The molecule has 0 aliphatic carbocycles. The van der Waals surface area contributed by atoms with E-state index in [4.69, 9.17) is 10.5 Å². The summed E-state index contributed by atoms with van der Waals surface area (Å²) < 4.78 is 7.79. The first kappa shape index (κ1) is 10.6. The zero-order valence-electron chi connectivity index (χ0n) is 10.0. The van der Waals surface area contributed by atoms with Crippen LogP contribution in [0.2, 0.25) is 0 Å². The van der Waals surface area contributed by atoms with E-state index in [0.717, 1.165) is 41.7 Å². The molecule has 2 N–H and O–H groups in total. The van der Waals surface area contributed by atoms with E-state index in [-0.39, 0.29) is 6.23 Å². The minimum atomic E-state index is 0.0866. The third kappa shape index (κ3) is 1.78. The Morgan fingerprint density at radius 3 is 3.06 bits per heavy atom. The topological polar surface area (TPSA) is 53.1 Å². The number of nitrogens with two attached hydrogens (primary N) is 1. The van der Waals surface area contributed by atoms with E-state index in [1.165, 1.54) is 6.42 Å². The highest BCUT2D eigenvalue weighted by molar-refractivity contribution is 5.84. The van der Waals surface area contributed by atoms with Crippen LogP contribution in [0.4, 0.5) is 5.69 Å². The number of ether oxygens (including phenoxy) is 1. The molecule has 0 radical (unpaired) electrons. The van der Waals surface area contributed by atoms with E-state index in [9.17, 15) is 0 Å². The second-order valence-corrected chi connectivity index (χ2v) is 4.63. The predicted molar refractivity (Wildman–Crippen MR) is 67.7 cm³/mol. The van der Waals surface area contributed by atoms with Gasteiger partial charge < -0.3 is 10.5 Å². The van der Waals surface area contributed by atoms with E-state index in [1.54, 1.807) is 0 Å². The Balaban J connectivity index is 2.10.